The van der Waals surface area contributed by atoms with E-state index in [1.807, 2.05) is 31.2 Å². The van der Waals surface area contributed by atoms with E-state index in [2.05, 4.69) is 4.98 Å². The van der Waals surface area contributed by atoms with Crippen LogP contribution in [0.3, 0.4) is 0 Å². The Morgan fingerprint density at radius 3 is 2.78 bits per heavy atom. The molecule has 2 rings (SSSR count). The number of hydrogen-bond donors (Lipinski definition) is 3. The quantitative estimate of drug-likeness (QED) is 0.772. The van der Waals surface area contributed by atoms with Crippen LogP contribution < -0.4 is 10.5 Å². The van der Waals surface area contributed by atoms with Gasteiger partial charge >= 0.3 is 5.97 Å². The molecular weight excluding hydrogens is 232 g/mol. The highest BCUT2D eigenvalue weighted by atomic mass is 16.5. The highest BCUT2D eigenvalue weighted by molar-refractivity contribution is 5.93. The van der Waals surface area contributed by atoms with Crippen LogP contribution >= 0.6 is 0 Å². The van der Waals surface area contributed by atoms with Crippen LogP contribution in [0.25, 0.3) is 11.3 Å². The summed E-state index contributed by atoms with van der Waals surface area (Å²) < 4.78 is 5.49. The van der Waals surface area contributed by atoms with Crippen molar-refractivity contribution in [1.29, 1.82) is 0 Å². The Hall–Kier alpha value is -2.43. The minimum atomic E-state index is -1.08. The Balaban J connectivity index is 2.48. The van der Waals surface area contributed by atoms with E-state index in [1.54, 1.807) is 6.07 Å². The van der Waals surface area contributed by atoms with Crippen molar-refractivity contribution < 1.29 is 14.6 Å². The molecule has 0 bridgehead atoms. The van der Waals surface area contributed by atoms with E-state index in [9.17, 15) is 4.79 Å². The van der Waals surface area contributed by atoms with Crippen molar-refractivity contribution in [2.75, 3.05) is 12.3 Å². The van der Waals surface area contributed by atoms with Crippen LogP contribution in [0, 0.1) is 0 Å². The molecule has 0 spiro atoms. The summed E-state index contributed by atoms with van der Waals surface area (Å²) in [5.41, 5.74) is 7.28. The number of hydrogen-bond acceptors (Lipinski definition) is 3. The topological polar surface area (TPSA) is 88.3 Å². The predicted octanol–water partition coefficient (Wildman–Crippen LogP) is 2.36. The normalized spacial score (nSPS) is 10.3. The number of benzene rings is 1. The maximum atomic E-state index is 10.9. The van der Waals surface area contributed by atoms with Crippen molar-refractivity contribution in [3.63, 3.8) is 0 Å². The molecule has 0 saturated carbocycles. The maximum Gasteiger partial charge on any atom is 0.354 e. The number of rotatable bonds is 4. The van der Waals surface area contributed by atoms with E-state index in [-0.39, 0.29) is 11.4 Å². The monoisotopic (exact) mass is 246 g/mol. The van der Waals surface area contributed by atoms with Gasteiger partial charge in [0.25, 0.3) is 0 Å². The molecule has 1 aromatic heterocycles. The summed E-state index contributed by atoms with van der Waals surface area (Å²) in [7, 11) is 0. The van der Waals surface area contributed by atoms with Crippen LogP contribution in [0.15, 0.2) is 30.3 Å². The number of aromatic carboxylic acids is 1. The summed E-state index contributed by atoms with van der Waals surface area (Å²) in [6.45, 7) is 2.43. The van der Waals surface area contributed by atoms with Gasteiger partial charge in [-0.3, -0.25) is 0 Å². The molecule has 5 heteroatoms. The second-order valence-electron chi connectivity index (χ2n) is 3.75. The minimum Gasteiger partial charge on any atom is -0.493 e. The summed E-state index contributed by atoms with van der Waals surface area (Å²) in [5, 5.41) is 8.96. The molecular formula is C13H14N2O3. The van der Waals surface area contributed by atoms with Gasteiger partial charge in [0.2, 0.25) is 0 Å². The van der Waals surface area contributed by atoms with E-state index in [0.717, 1.165) is 5.56 Å². The zero-order chi connectivity index (χ0) is 13.1. The van der Waals surface area contributed by atoms with E-state index in [1.165, 1.54) is 0 Å². The number of H-pyrrole nitrogens is 1. The van der Waals surface area contributed by atoms with Crippen LogP contribution in [0.4, 0.5) is 5.69 Å². The molecule has 0 unspecified atom stereocenters. The summed E-state index contributed by atoms with van der Waals surface area (Å²) in [6.07, 6.45) is 0. The molecule has 2 aromatic rings. The number of carboxylic acid groups (broad SMARTS) is 1. The Kier molecular flexibility index (Phi) is 3.23. The molecule has 94 valence electrons. The summed E-state index contributed by atoms with van der Waals surface area (Å²) in [5.74, 6) is -0.383. The van der Waals surface area contributed by atoms with Gasteiger partial charge in [0, 0.05) is 5.56 Å². The fraction of sp³-hybridized carbons (Fsp3) is 0.154. The summed E-state index contributed by atoms with van der Waals surface area (Å²) in [6, 6.07) is 8.99. The van der Waals surface area contributed by atoms with Gasteiger partial charge < -0.3 is 20.6 Å². The molecule has 0 aliphatic carbocycles. The number of aromatic nitrogens is 1. The predicted molar refractivity (Wildman–Crippen MR) is 68.8 cm³/mol. The first-order valence-electron chi connectivity index (χ1n) is 5.57. The number of para-hydroxylation sites is 1. The molecule has 0 atom stereocenters. The first-order valence-corrected chi connectivity index (χ1v) is 5.57. The van der Waals surface area contributed by atoms with E-state index >= 15 is 0 Å². The lowest BCUT2D eigenvalue weighted by Crippen LogP contribution is -2.00. The van der Waals surface area contributed by atoms with Crippen molar-refractivity contribution in [1.82, 2.24) is 4.98 Å². The fourth-order valence-corrected chi connectivity index (χ4v) is 1.76. The first-order chi connectivity index (χ1) is 8.63. The number of nitrogen functional groups attached to an aromatic ring is 1. The second-order valence-corrected chi connectivity index (χ2v) is 3.75. The molecule has 5 nitrogen and oxygen atoms in total. The molecule has 1 aromatic carbocycles. The van der Waals surface area contributed by atoms with Gasteiger partial charge in [0.1, 0.15) is 11.4 Å². The van der Waals surface area contributed by atoms with Crippen molar-refractivity contribution in [3.8, 4) is 17.0 Å². The van der Waals surface area contributed by atoms with Crippen molar-refractivity contribution in [3.05, 3.63) is 36.0 Å². The highest BCUT2D eigenvalue weighted by Crippen LogP contribution is 2.31. The van der Waals surface area contributed by atoms with Crippen LogP contribution in [0.5, 0.6) is 5.75 Å². The summed E-state index contributed by atoms with van der Waals surface area (Å²) in [4.78, 5) is 13.7. The van der Waals surface area contributed by atoms with Gasteiger partial charge in [0.05, 0.1) is 18.0 Å². The lowest BCUT2D eigenvalue weighted by molar-refractivity contribution is 0.0692. The SMILES string of the molecule is CCOc1ccccc1-c1cc(N)c(C(=O)O)[nH]1. The maximum absolute atomic E-state index is 10.9. The average molecular weight is 246 g/mol. The number of ether oxygens (including phenoxy) is 1. The van der Waals surface area contributed by atoms with E-state index < -0.39 is 5.97 Å². The third-order valence-electron chi connectivity index (χ3n) is 2.54. The Bertz CT molecular complexity index is 575. The van der Waals surface area contributed by atoms with Gasteiger partial charge in [-0.05, 0) is 25.1 Å². The molecule has 0 fully saturated rings. The Labute approximate surface area is 104 Å². The van der Waals surface area contributed by atoms with Gasteiger partial charge in [-0.2, -0.15) is 0 Å². The van der Waals surface area contributed by atoms with Gasteiger partial charge in [-0.25, -0.2) is 4.79 Å². The van der Waals surface area contributed by atoms with E-state index in [0.29, 0.717) is 18.1 Å². The van der Waals surface area contributed by atoms with Crippen molar-refractivity contribution >= 4 is 11.7 Å². The molecule has 4 N–H and O–H groups in total. The van der Waals surface area contributed by atoms with Gasteiger partial charge in [0.15, 0.2) is 0 Å². The highest BCUT2D eigenvalue weighted by Gasteiger charge is 2.15. The van der Waals surface area contributed by atoms with Crippen molar-refractivity contribution in [2.45, 2.75) is 6.92 Å². The zero-order valence-corrected chi connectivity index (χ0v) is 9.93. The van der Waals surface area contributed by atoms with Crippen LogP contribution in [0.1, 0.15) is 17.4 Å². The molecule has 18 heavy (non-hydrogen) atoms. The average Bonchev–Trinajstić information content (AvgIpc) is 2.72. The third kappa shape index (κ3) is 2.15. The molecule has 1 heterocycles. The molecule has 0 aliphatic rings. The lowest BCUT2D eigenvalue weighted by atomic mass is 10.1. The largest absolute Gasteiger partial charge is 0.493 e. The number of aromatic amines is 1. The number of nitrogens with one attached hydrogen (secondary N) is 1. The first kappa shape index (κ1) is 12.0. The van der Waals surface area contributed by atoms with Crippen LogP contribution in [-0.4, -0.2) is 22.7 Å². The second kappa shape index (κ2) is 4.83. The number of carbonyl (C=O) groups is 1. The third-order valence-corrected chi connectivity index (χ3v) is 2.54. The standard InChI is InChI=1S/C13H14N2O3/c1-2-18-11-6-4-3-5-8(11)10-7-9(14)12(15-10)13(16)17/h3-7,15H,2,14H2,1H3,(H,16,17). The van der Waals surface area contributed by atoms with Gasteiger partial charge in [-0.1, -0.05) is 12.1 Å². The molecule has 0 aliphatic heterocycles. The summed E-state index contributed by atoms with van der Waals surface area (Å²) >= 11 is 0. The zero-order valence-electron chi connectivity index (χ0n) is 9.93. The number of carboxylic acids is 1. The van der Waals surface area contributed by atoms with Crippen LogP contribution in [-0.2, 0) is 0 Å². The molecule has 0 saturated heterocycles. The molecule has 0 radical (unpaired) electrons. The van der Waals surface area contributed by atoms with Crippen LogP contribution in [0.2, 0.25) is 0 Å². The van der Waals surface area contributed by atoms with Gasteiger partial charge in [-0.15, -0.1) is 0 Å². The van der Waals surface area contributed by atoms with E-state index in [4.69, 9.17) is 15.6 Å². The minimum absolute atomic E-state index is 0.00342. The fourth-order valence-electron chi connectivity index (χ4n) is 1.76. The number of anilines is 1. The Morgan fingerprint density at radius 1 is 1.44 bits per heavy atom. The smallest absolute Gasteiger partial charge is 0.354 e. The molecule has 0 amide bonds. The van der Waals surface area contributed by atoms with Crippen molar-refractivity contribution in [2.24, 2.45) is 0 Å². The lowest BCUT2D eigenvalue weighted by Gasteiger charge is -2.08. The Morgan fingerprint density at radius 2 is 2.17 bits per heavy atom. The number of nitrogens with two attached hydrogens (primary N) is 1.